The minimum absolute atomic E-state index is 0.334. The van der Waals surface area contributed by atoms with Crippen molar-refractivity contribution >= 4 is 17.6 Å². The number of piperidine rings is 1. The normalized spacial score (nSPS) is 16.4. The van der Waals surface area contributed by atoms with E-state index in [9.17, 15) is 9.90 Å². The molecular weight excluding hydrogens is 437 g/mol. The minimum atomic E-state index is -1.41. The Labute approximate surface area is 199 Å². The molecule has 4 rings (SSSR count). The molecule has 1 fully saturated rings. The Kier molecular flexibility index (Phi) is 7.16. The van der Waals surface area contributed by atoms with Gasteiger partial charge in [0.15, 0.2) is 0 Å². The zero-order valence-corrected chi connectivity index (χ0v) is 19.3. The number of carbonyl (C=O) groups is 1. The topological polar surface area (TPSA) is 40.5 Å². The lowest BCUT2D eigenvalue weighted by atomic mass is 9.75. The van der Waals surface area contributed by atoms with Crippen LogP contribution in [0.3, 0.4) is 0 Å². The van der Waals surface area contributed by atoms with Crippen molar-refractivity contribution in [2.24, 2.45) is 5.41 Å². The fraction of sp³-hybridized carbons (Fsp3) is 0.321. The van der Waals surface area contributed by atoms with Crippen molar-refractivity contribution in [2.45, 2.75) is 31.4 Å². The molecule has 3 nitrogen and oxygen atoms in total. The van der Waals surface area contributed by atoms with E-state index in [1.54, 1.807) is 24.3 Å². The smallest absolute Gasteiger partial charge is 0.311 e. The predicted molar refractivity (Wildman–Crippen MR) is 130 cm³/mol. The van der Waals surface area contributed by atoms with Gasteiger partial charge in [0.05, 0.1) is 5.41 Å². The summed E-state index contributed by atoms with van der Waals surface area (Å²) < 4.78 is 15.7. The maximum atomic E-state index is 15.7. The fourth-order valence-corrected chi connectivity index (χ4v) is 5.02. The summed E-state index contributed by atoms with van der Waals surface area (Å²) in [7, 11) is 0. The summed E-state index contributed by atoms with van der Waals surface area (Å²) in [5, 5.41) is 11.1. The van der Waals surface area contributed by atoms with Crippen LogP contribution in [0.25, 0.3) is 0 Å². The van der Waals surface area contributed by atoms with Crippen LogP contribution in [0.2, 0.25) is 5.02 Å². The summed E-state index contributed by atoms with van der Waals surface area (Å²) in [6, 6.07) is 26.5. The van der Waals surface area contributed by atoms with Crippen molar-refractivity contribution in [1.29, 1.82) is 0 Å². The molecule has 1 N–H and O–H groups in total. The van der Waals surface area contributed by atoms with Gasteiger partial charge in [-0.05, 0) is 54.5 Å². The lowest BCUT2D eigenvalue weighted by molar-refractivity contribution is -0.150. The number of aliphatic carboxylic acids is 1. The van der Waals surface area contributed by atoms with Crippen LogP contribution in [0.4, 0.5) is 4.39 Å². The molecule has 0 bridgehead atoms. The lowest BCUT2D eigenvalue weighted by Crippen LogP contribution is -2.50. The molecule has 0 spiro atoms. The number of hydrogen-bond acceptors (Lipinski definition) is 2. The van der Waals surface area contributed by atoms with E-state index in [0.29, 0.717) is 55.9 Å². The van der Waals surface area contributed by atoms with Gasteiger partial charge in [-0.3, -0.25) is 4.79 Å². The number of carboxylic acids is 1. The number of halogens is 2. The Balaban J connectivity index is 1.55. The highest BCUT2D eigenvalue weighted by Crippen LogP contribution is 2.39. The van der Waals surface area contributed by atoms with E-state index >= 15 is 4.39 Å². The van der Waals surface area contributed by atoms with E-state index in [-0.39, 0.29) is 0 Å². The van der Waals surface area contributed by atoms with Gasteiger partial charge in [0.2, 0.25) is 0 Å². The second-order valence-corrected chi connectivity index (χ2v) is 9.60. The molecule has 0 atom stereocenters. The van der Waals surface area contributed by atoms with Crippen LogP contribution in [0.15, 0.2) is 84.9 Å². The monoisotopic (exact) mass is 465 g/mol. The molecule has 0 saturated carbocycles. The fourth-order valence-electron chi connectivity index (χ4n) is 4.90. The van der Waals surface area contributed by atoms with Gasteiger partial charge in [0.1, 0.15) is 5.67 Å². The summed E-state index contributed by atoms with van der Waals surface area (Å²) in [5.74, 6) is -0.815. The number of hydrogen-bond donors (Lipinski definition) is 1. The highest BCUT2D eigenvalue weighted by molar-refractivity contribution is 6.30. The van der Waals surface area contributed by atoms with Gasteiger partial charge in [-0.25, -0.2) is 4.39 Å². The molecule has 3 aromatic carbocycles. The summed E-state index contributed by atoms with van der Waals surface area (Å²) in [4.78, 5) is 14.9. The van der Waals surface area contributed by atoms with E-state index in [4.69, 9.17) is 11.6 Å². The molecule has 0 unspecified atom stereocenters. The van der Waals surface area contributed by atoms with Crippen molar-refractivity contribution in [3.8, 4) is 0 Å². The number of nitrogens with zero attached hydrogens (tertiary/aromatic N) is 1. The van der Waals surface area contributed by atoms with Crippen LogP contribution < -0.4 is 0 Å². The van der Waals surface area contributed by atoms with Gasteiger partial charge >= 0.3 is 5.97 Å². The average Bonchev–Trinajstić information content (AvgIpc) is 2.82. The second kappa shape index (κ2) is 10.1. The van der Waals surface area contributed by atoms with Gasteiger partial charge in [-0.1, -0.05) is 84.4 Å². The third-order valence-corrected chi connectivity index (χ3v) is 7.01. The van der Waals surface area contributed by atoms with E-state index in [1.165, 1.54) is 0 Å². The van der Waals surface area contributed by atoms with Crippen molar-refractivity contribution in [3.05, 3.63) is 107 Å². The van der Waals surface area contributed by atoms with E-state index < -0.39 is 17.1 Å². The number of rotatable bonds is 8. The molecule has 0 amide bonds. The molecule has 5 heteroatoms. The summed E-state index contributed by atoms with van der Waals surface area (Å²) >= 11 is 5.97. The van der Waals surface area contributed by atoms with E-state index in [1.807, 2.05) is 60.7 Å². The first kappa shape index (κ1) is 23.5. The van der Waals surface area contributed by atoms with Gasteiger partial charge in [0.25, 0.3) is 0 Å². The molecule has 1 saturated heterocycles. The van der Waals surface area contributed by atoms with E-state index in [0.717, 1.165) is 11.1 Å². The van der Waals surface area contributed by atoms with Crippen molar-refractivity contribution in [1.82, 2.24) is 4.90 Å². The summed E-state index contributed by atoms with van der Waals surface area (Å²) in [6.07, 6.45) is 1.51. The highest BCUT2D eigenvalue weighted by Gasteiger charge is 2.43. The van der Waals surface area contributed by atoms with Crippen LogP contribution >= 0.6 is 11.6 Å². The third kappa shape index (κ3) is 5.63. The van der Waals surface area contributed by atoms with Gasteiger partial charge in [0, 0.05) is 24.7 Å². The number of likely N-dealkylation sites (tertiary alicyclic amines) is 1. The molecule has 0 aliphatic carbocycles. The zero-order chi connectivity index (χ0) is 23.3. The van der Waals surface area contributed by atoms with Crippen LogP contribution in [-0.4, -0.2) is 35.6 Å². The Morgan fingerprint density at radius 2 is 1.36 bits per heavy atom. The molecule has 0 radical (unpaired) electrons. The first-order valence-corrected chi connectivity index (χ1v) is 11.7. The summed E-state index contributed by atoms with van der Waals surface area (Å²) in [5.41, 5.74) is 0.220. The number of benzene rings is 3. The third-order valence-electron chi connectivity index (χ3n) is 6.76. The first-order chi connectivity index (χ1) is 15.9. The molecule has 0 aromatic heterocycles. The first-order valence-electron chi connectivity index (χ1n) is 11.4. The molecule has 172 valence electrons. The van der Waals surface area contributed by atoms with Gasteiger partial charge < -0.3 is 10.0 Å². The highest BCUT2D eigenvalue weighted by atomic mass is 35.5. The molecule has 3 aromatic rings. The van der Waals surface area contributed by atoms with Gasteiger partial charge in [-0.15, -0.1) is 0 Å². The summed E-state index contributed by atoms with van der Waals surface area (Å²) in [6.45, 7) is 1.40. The van der Waals surface area contributed by atoms with Crippen LogP contribution in [0.1, 0.15) is 29.5 Å². The zero-order valence-electron chi connectivity index (χ0n) is 18.6. The maximum absolute atomic E-state index is 15.7. The largest absolute Gasteiger partial charge is 0.481 e. The van der Waals surface area contributed by atoms with Crippen molar-refractivity contribution < 1.29 is 14.3 Å². The lowest BCUT2D eigenvalue weighted by Gasteiger charge is -2.41. The second-order valence-electron chi connectivity index (χ2n) is 9.16. The Morgan fingerprint density at radius 3 is 1.82 bits per heavy atom. The maximum Gasteiger partial charge on any atom is 0.311 e. The number of alkyl halides is 1. The predicted octanol–water partition coefficient (Wildman–Crippen LogP) is 6.16. The molecule has 1 heterocycles. The van der Waals surface area contributed by atoms with Crippen LogP contribution in [0, 0.1) is 5.41 Å². The minimum Gasteiger partial charge on any atom is -0.481 e. The van der Waals surface area contributed by atoms with Crippen molar-refractivity contribution in [3.63, 3.8) is 0 Å². The van der Waals surface area contributed by atoms with Crippen LogP contribution in [-0.2, 0) is 23.3 Å². The number of carboxylic acid groups (broad SMARTS) is 1. The molecule has 33 heavy (non-hydrogen) atoms. The van der Waals surface area contributed by atoms with Crippen molar-refractivity contribution in [2.75, 3.05) is 19.6 Å². The standard InChI is InChI=1S/C28H29ClFNO2/c29-25-13-11-24(12-14-25)28(30)15-17-31(18-16-28)21-27(26(32)33,19-22-7-3-1-4-8-22)20-23-9-5-2-6-10-23/h1-14H,15-21H2,(H,32,33). The molecule has 1 aliphatic rings. The Morgan fingerprint density at radius 1 is 0.879 bits per heavy atom. The Bertz CT molecular complexity index is 1010. The van der Waals surface area contributed by atoms with Gasteiger partial charge in [-0.2, -0.15) is 0 Å². The SMILES string of the molecule is O=C(O)C(Cc1ccccc1)(Cc1ccccc1)CN1CCC(F)(c2ccc(Cl)cc2)CC1. The van der Waals surface area contributed by atoms with Crippen LogP contribution in [0.5, 0.6) is 0 Å². The quantitative estimate of drug-likeness (QED) is 0.433. The average molecular weight is 466 g/mol. The molecular formula is C28H29ClFNO2. The van der Waals surface area contributed by atoms with E-state index in [2.05, 4.69) is 4.90 Å². The molecule has 1 aliphatic heterocycles. The Hall–Kier alpha value is -2.69.